The van der Waals surface area contributed by atoms with Gasteiger partial charge in [-0.25, -0.2) is 0 Å². The van der Waals surface area contributed by atoms with Crippen LogP contribution < -0.4 is 0 Å². The number of hydrogen-bond donors (Lipinski definition) is 0. The van der Waals surface area contributed by atoms with Crippen LogP contribution in [-0.4, -0.2) is 14.1 Å². The molecule has 1 heteroatoms. The van der Waals surface area contributed by atoms with Gasteiger partial charge in [0.15, 0.2) is 0 Å². The SMILES string of the molecule is C[CH2][Al]1[CH2]CC[CH]1c1ccccc1. The molecule has 1 heterocycles. The van der Waals surface area contributed by atoms with E-state index in [4.69, 9.17) is 0 Å². The molecule has 0 saturated carbocycles. The summed E-state index contributed by atoms with van der Waals surface area (Å²) in [5.74, 6) is 0. The van der Waals surface area contributed by atoms with Crippen molar-refractivity contribution in [1.82, 2.24) is 0 Å². The summed E-state index contributed by atoms with van der Waals surface area (Å²) < 4.78 is 0.992. The largest absolute Gasteiger partial charge is 0.271 e. The lowest BCUT2D eigenvalue weighted by atomic mass is 10.1. The summed E-state index contributed by atoms with van der Waals surface area (Å²) in [4.78, 5) is 0. The molecule has 1 aromatic rings. The Morgan fingerprint density at radius 2 is 2.08 bits per heavy atom. The van der Waals surface area contributed by atoms with Gasteiger partial charge in [0.05, 0.1) is 0 Å². The van der Waals surface area contributed by atoms with Gasteiger partial charge in [0.2, 0.25) is 0 Å². The van der Waals surface area contributed by atoms with E-state index < -0.39 is 14.1 Å². The van der Waals surface area contributed by atoms with Crippen LogP contribution in [0.3, 0.4) is 0 Å². The van der Waals surface area contributed by atoms with E-state index >= 15 is 0 Å². The second-order valence-electron chi connectivity index (χ2n) is 4.12. The third-order valence-corrected chi connectivity index (χ3v) is 7.47. The van der Waals surface area contributed by atoms with E-state index in [1.807, 2.05) is 0 Å². The number of hydrogen-bond acceptors (Lipinski definition) is 0. The predicted molar refractivity (Wildman–Crippen MR) is 59.5 cm³/mol. The molecule has 1 atom stereocenters. The Balaban J connectivity index is 2.16. The monoisotopic (exact) mass is 188 g/mol. The van der Waals surface area contributed by atoms with Crippen LogP contribution in [0.4, 0.5) is 0 Å². The van der Waals surface area contributed by atoms with E-state index in [0.717, 1.165) is 4.78 Å². The standard InChI is InChI=1S/C10H12.C2H5.Al/c1-2-3-7-10-8-5-4-6-9-10;1-2;/h4-9H,1-3H2;1H2,2H3;. The van der Waals surface area contributed by atoms with Crippen molar-refractivity contribution in [2.45, 2.75) is 35.1 Å². The summed E-state index contributed by atoms with van der Waals surface area (Å²) in [5, 5.41) is 3.07. The van der Waals surface area contributed by atoms with E-state index in [2.05, 4.69) is 37.3 Å². The van der Waals surface area contributed by atoms with Gasteiger partial charge in [0.1, 0.15) is 0 Å². The molecule has 0 radical (unpaired) electrons. The molecule has 1 saturated heterocycles. The summed E-state index contributed by atoms with van der Waals surface area (Å²) in [6, 6.07) is 11.2. The Morgan fingerprint density at radius 3 is 2.77 bits per heavy atom. The van der Waals surface area contributed by atoms with Crippen LogP contribution in [0, 0.1) is 0 Å². The number of benzene rings is 1. The van der Waals surface area contributed by atoms with E-state index in [-0.39, 0.29) is 0 Å². The molecule has 2 rings (SSSR count). The Hall–Kier alpha value is -0.248. The van der Waals surface area contributed by atoms with Crippen LogP contribution in [0.2, 0.25) is 10.6 Å². The molecule has 0 spiro atoms. The van der Waals surface area contributed by atoms with Gasteiger partial charge in [0.25, 0.3) is 14.1 Å². The van der Waals surface area contributed by atoms with Gasteiger partial charge in [0, 0.05) is 0 Å². The van der Waals surface area contributed by atoms with Gasteiger partial charge in [-0.2, -0.15) is 0 Å². The summed E-state index contributed by atoms with van der Waals surface area (Å²) in [7, 11) is 0. The van der Waals surface area contributed by atoms with E-state index in [1.165, 1.54) is 18.1 Å². The molecule has 1 fully saturated rings. The zero-order chi connectivity index (χ0) is 9.10. The third kappa shape index (κ3) is 1.98. The quantitative estimate of drug-likeness (QED) is 0.622. The minimum absolute atomic E-state index is 0.402. The molecular formula is C12H17Al. The highest BCUT2D eigenvalue weighted by molar-refractivity contribution is 6.61. The Labute approximate surface area is 85.4 Å². The third-order valence-electron chi connectivity index (χ3n) is 3.41. The lowest BCUT2D eigenvalue weighted by molar-refractivity contribution is 0.819. The fraction of sp³-hybridized carbons (Fsp3) is 0.500. The highest BCUT2D eigenvalue weighted by Crippen LogP contribution is 2.35. The molecule has 0 N–H and O–H groups in total. The van der Waals surface area contributed by atoms with Crippen LogP contribution in [-0.2, 0) is 0 Å². The van der Waals surface area contributed by atoms with E-state index in [9.17, 15) is 0 Å². The second-order valence-corrected chi connectivity index (χ2v) is 7.84. The molecule has 1 aliphatic rings. The molecule has 1 unspecified atom stereocenters. The second kappa shape index (κ2) is 4.31. The molecular weight excluding hydrogens is 171 g/mol. The fourth-order valence-corrected chi connectivity index (χ4v) is 6.28. The highest BCUT2D eigenvalue weighted by Gasteiger charge is 2.31. The molecule has 0 amide bonds. The first-order valence-electron chi connectivity index (χ1n) is 5.46. The minimum atomic E-state index is -0.402. The van der Waals surface area contributed by atoms with Crippen LogP contribution in [0.25, 0.3) is 0 Å². The summed E-state index contributed by atoms with van der Waals surface area (Å²) in [6.45, 7) is 2.39. The molecule has 0 aromatic heterocycles. The van der Waals surface area contributed by atoms with Crippen molar-refractivity contribution in [2.24, 2.45) is 0 Å². The normalized spacial score (nSPS) is 22.2. The van der Waals surface area contributed by atoms with Crippen LogP contribution >= 0.6 is 0 Å². The van der Waals surface area contributed by atoms with Gasteiger partial charge in [-0.15, -0.1) is 0 Å². The zero-order valence-electron chi connectivity index (χ0n) is 8.37. The van der Waals surface area contributed by atoms with Crippen molar-refractivity contribution in [3.63, 3.8) is 0 Å². The summed E-state index contributed by atoms with van der Waals surface area (Å²) in [6.07, 6.45) is 2.96. The van der Waals surface area contributed by atoms with Crippen molar-refractivity contribution < 1.29 is 0 Å². The van der Waals surface area contributed by atoms with Crippen LogP contribution in [0.5, 0.6) is 0 Å². The van der Waals surface area contributed by atoms with E-state index in [0.29, 0.717) is 0 Å². The first-order chi connectivity index (χ1) is 6.42. The highest BCUT2D eigenvalue weighted by atomic mass is 27.2. The maximum absolute atomic E-state index is 2.39. The van der Waals surface area contributed by atoms with Gasteiger partial charge < -0.3 is 0 Å². The minimum Gasteiger partial charge on any atom is -0.0963 e. The molecule has 13 heavy (non-hydrogen) atoms. The van der Waals surface area contributed by atoms with Crippen LogP contribution in [0.15, 0.2) is 30.3 Å². The average molecular weight is 188 g/mol. The van der Waals surface area contributed by atoms with Gasteiger partial charge >= 0.3 is 0 Å². The van der Waals surface area contributed by atoms with Gasteiger partial charge in [-0.1, -0.05) is 71.0 Å². The lowest BCUT2D eigenvalue weighted by Crippen LogP contribution is -2.15. The number of rotatable bonds is 2. The first kappa shape index (κ1) is 9.31. The van der Waals surface area contributed by atoms with Gasteiger partial charge in [-0.3, -0.25) is 0 Å². The Kier molecular flexibility index (Phi) is 3.09. The average Bonchev–Trinajstić information content (AvgIpc) is 2.67. The fourth-order valence-electron chi connectivity index (χ4n) is 2.66. The van der Waals surface area contributed by atoms with Crippen molar-refractivity contribution in [3.05, 3.63) is 35.9 Å². The molecule has 1 aromatic carbocycles. The molecule has 68 valence electrons. The Morgan fingerprint density at radius 1 is 1.31 bits per heavy atom. The van der Waals surface area contributed by atoms with E-state index in [1.54, 1.807) is 10.8 Å². The molecule has 1 aliphatic heterocycles. The molecule has 0 aliphatic carbocycles. The van der Waals surface area contributed by atoms with Crippen molar-refractivity contribution in [3.8, 4) is 0 Å². The van der Waals surface area contributed by atoms with Gasteiger partial charge in [-0.05, 0) is 0 Å². The Bertz CT molecular complexity index is 255. The van der Waals surface area contributed by atoms with Crippen molar-refractivity contribution in [1.29, 1.82) is 0 Å². The molecule has 0 nitrogen and oxygen atoms in total. The van der Waals surface area contributed by atoms with Crippen molar-refractivity contribution >= 4 is 14.1 Å². The first-order valence-corrected chi connectivity index (χ1v) is 7.76. The van der Waals surface area contributed by atoms with Crippen molar-refractivity contribution in [2.75, 3.05) is 0 Å². The molecule has 0 bridgehead atoms. The van der Waals surface area contributed by atoms with Crippen LogP contribution in [0.1, 0.15) is 30.1 Å². The summed E-state index contributed by atoms with van der Waals surface area (Å²) >= 11 is -0.402. The lowest BCUT2D eigenvalue weighted by Gasteiger charge is -2.13. The summed E-state index contributed by atoms with van der Waals surface area (Å²) in [5.41, 5.74) is 1.62. The topological polar surface area (TPSA) is 0 Å². The smallest absolute Gasteiger partial charge is 0.0963 e. The zero-order valence-corrected chi connectivity index (χ0v) is 9.52. The maximum atomic E-state index is 2.39. The maximum Gasteiger partial charge on any atom is 0.271 e. The predicted octanol–water partition coefficient (Wildman–Crippen LogP) is 3.62.